The highest BCUT2D eigenvalue weighted by molar-refractivity contribution is 5.03. The molecule has 0 aromatic rings. The number of likely N-dealkylation sites (tertiary alicyclic amines) is 1. The van der Waals surface area contributed by atoms with Crippen LogP contribution in [-0.2, 0) is 0 Å². The van der Waals surface area contributed by atoms with Crippen LogP contribution in [0.2, 0.25) is 0 Å². The number of nitrogens with zero attached hydrogens (tertiary/aromatic N) is 1. The van der Waals surface area contributed by atoms with E-state index in [-0.39, 0.29) is 6.10 Å². The Bertz CT molecular complexity index is 158. The number of hydrogen-bond acceptors (Lipinski definition) is 2. The van der Waals surface area contributed by atoms with Crippen molar-refractivity contribution in [3.63, 3.8) is 0 Å². The third-order valence-corrected chi connectivity index (χ3v) is 3.40. The maximum Gasteiger partial charge on any atom is 0.0598 e. The van der Waals surface area contributed by atoms with Gasteiger partial charge in [0, 0.05) is 18.5 Å². The van der Waals surface area contributed by atoms with Gasteiger partial charge in [0.25, 0.3) is 0 Å². The van der Waals surface area contributed by atoms with Crippen LogP contribution >= 0.6 is 0 Å². The summed E-state index contributed by atoms with van der Waals surface area (Å²) in [5.41, 5.74) is 0. The number of aliphatic hydroxyl groups is 1. The Morgan fingerprint density at radius 2 is 2.27 bits per heavy atom. The van der Waals surface area contributed by atoms with Crippen LogP contribution in [0.5, 0.6) is 0 Å². The van der Waals surface area contributed by atoms with Crippen molar-refractivity contribution in [1.29, 1.82) is 0 Å². The monoisotopic (exact) mass is 155 g/mol. The lowest BCUT2D eigenvalue weighted by Crippen LogP contribution is -2.57. The first-order chi connectivity index (χ1) is 5.24. The highest BCUT2D eigenvalue weighted by atomic mass is 16.3. The van der Waals surface area contributed by atoms with Crippen LogP contribution in [0.15, 0.2) is 0 Å². The molecule has 64 valence electrons. The number of rotatable bonds is 1. The molecule has 11 heavy (non-hydrogen) atoms. The van der Waals surface area contributed by atoms with Crippen LogP contribution in [0.1, 0.15) is 20.3 Å². The van der Waals surface area contributed by atoms with E-state index in [9.17, 15) is 5.11 Å². The quantitative estimate of drug-likeness (QED) is 0.602. The lowest BCUT2D eigenvalue weighted by Gasteiger charge is -2.46. The van der Waals surface area contributed by atoms with Crippen molar-refractivity contribution in [2.75, 3.05) is 13.1 Å². The zero-order valence-electron chi connectivity index (χ0n) is 7.33. The molecule has 1 saturated heterocycles. The van der Waals surface area contributed by atoms with Crippen molar-refractivity contribution in [2.24, 2.45) is 11.8 Å². The molecule has 0 aromatic carbocycles. The minimum atomic E-state index is -0.00204. The smallest absolute Gasteiger partial charge is 0.0598 e. The van der Waals surface area contributed by atoms with E-state index in [4.69, 9.17) is 0 Å². The van der Waals surface area contributed by atoms with Crippen molar-refractivity contribution in [1.82, 2.24) is 4.90 Å². The molecule has 2 rings (SSSR count). The molecule has 0 spiro atoms. The maximum absolute atomic E-state index is 9.58. The van der Waals surface area contributed by atoms with E-state index >= 15 is 0 Å². The molecule has 1 N–H and O–H groups in total. The fourth-order valence-electron chi connectivity index (χ4n) is 2.80. The minimum absolute atomic E-state index is 0.00204. The lowest BCUT2D eigenvalue weighted by molar-refractivity contribution is -0.0219. The van der Waals surface area contributed by atoms with Gasteiger partial charge in [-0.2, -0.15) is 0 Å². The number of hydrogen-bond donors (Lipinski definition) is 1. The van der Waals surface area contributed by atoms with Crippen molar-refractivity contribution in [3.05, 3.63) is 0 Å². The van der Waals surface area contributed by atoms with Gasteiger partial charge in [-0.3, -0.25) is 4.90 Å². The van der Waals surface area contributed by atoms with E-state index < -0.39 is 0 Å². The maximum atomic E-state index is 9.58. The molecule has 2 heteroatoms. The first-order valence-electron chi connectivity index (χ1n) is 4.66. The fourth-order valence-corrected chi connectivity index (χ4v) is 2.80. The number of fused-ring (bicyclic) bond motifs is 1. The van der Waals surface area contributed by atoms with Crippen LogP contribution in [-0.4, -0.2) is 35.2 Å². The van der Waals surface area contributed by atoms with Crippen LogP contribution in [0, 0.1) is 11.8 Å². The summed E-state index contributed by atoms with van der Waals surface area (Å²) in [7, 11) is 0. The van der Waals surface area contributed by atoms with Gasteiger partial charge in [0.15, 0.2) is 0 Å². The normalized spacial score (nSPS) is 50.5. The SMILES string of the molecule is CCN1C[C@H]2C1[C@H](C)C[C@@H]2O. The second-order valence-corrected chi connectivity index (χ2v) is 4.02. The summed E-state index contributed by atoms with van der Waals surface area (Å²) < 4.78 is 0. The Morgan fingerprint density at radius 3 is 2.82 bits per heavy atom. The lowest BCUT2D eigenvalue weighted by atomic mass is 9.87. The van der Waals surface area contributed by atoms with Crippen LogP contribution in [0.25, 0.3) is 0 Å². The predicted octanol–water partition coefficient (Wildman–Crippen LogP) is 0.707. The molecule has 1 aliphatic heterocycles. The highest BCUT2D eigenvalue weighted by Crippen LogP contribution is 2.42. The minimum Gasteiger partial charge on any atom is -0.393 e. The molecule has 2 nitrogen and oxygen atoms in total. The van der Waals surface area contributed by atoms with Crippen LogP contribution in [0.3, 0.4) is 0 Å². The zero-order valence-corrected chi connectivity index (χ0v) is 7.33. The molecule has 0 aromatic heterocycles. The van der Waals surface area contributed by atoms with E-state index in [1.54, 1.807) is 0 Å². The summed E-state index contributed by atoms with van der Waals surface area (Å²) >= 11 is 0. The molecule has 4 atom stereocenters. The molecule has 2 aliphatic rings. The second-order valence-electron chi connectivity index (χ2n) is 4.02. The molecule has 1 heterocycles. The predicted molar refractivity (Wildman–Crippen MR) is 44.3 cm³/mol. The van der Waals surface area contributed by atoms with Crippen molar-refractivity contribution < 1.29 is 5.11 Å². The third kappa shape index (κ3) is 0.926. The Hall–Kier alpha value is -0.0800. The van der Waals surface area contributed by atoms with Gasteiger partial charge in [0.1, 0.15) is 0 Å². The molecule has 2 fully saturated rings. The van der Waals surface area contributed by atoms with Gasteiger partial charge in [-0.05, 0) is 18.9 Å². The molecule has 1 saturated carbocycles. The Kier molecular flexibility index (Phi) is 1.69. The Labute approximate surface area is 68.2 Å². The van der Waals surface area contributed by atoms with Gasteiger partial charge >= 0.3 is 0 Å². The third-order valence-electron chi connectivity index (χ3n) is 3.40. The first-order valence-corrected chi connectivity index (χ1v) is 4.66. The van der Waals surface area contributed by atoms with E-state index in [1.165, 1.54) is 0 Å². The summed E-state index contributed by atoms with van der Waals surface area (Å²) in [5.74, 6) is 1.31. The van der Waals surface area contributed by atoms with Gasteiger partial charge in [-0.1, -0.05) is 13.8 Å². The van der Waals surface area contributed by atoms with Crippen LogP contribution in [0.4, 0.5) is 0 Å². The highest BCUT2D eigenvalue weighted by Gasteiger charge is 2.50. The van der Waals surface area contributed by atoms with Crippen molar-refractivity contribution in [2.45, 2.75) is 32.4 Å². The molecule has 1 aliphatic carbocycles. The van der Waals surface area contributed by atoms with E-state index in [0.29, 0.717) is 17.9 Å². The van der Waals surface area contributed by atoms with E-state index in [0.717, 1.165) is 19.5 Å². The first kappa shape index (κ1) is 7.56. The zero-order chi connectivity index (χ0) is 8.01. The summed E-state index contributed by atoms with van der Waals surface area (Å²) in [6.45, 7) is 6.74. The summed E-state index contributed by atoms with van der Waals surface area (Å²) in [6.07, 6.45) is 1.02. The Morgan fingerprint density at radius 1 is 1.55 bits per heavy atom. The van der Waals surface area contributed by atoms with Crippen LogP contribution < -0.4 is 0 Å². The summed E-state index contributed by atoms with van der Waals surface area (Å²) in [5, 5.41) is 9.58. The molecule has 1 unspecified atom stereocenters. The van der Waals surface area contributed by atoms with Gasteiger partial charge in [0.05, 0.1) is 6.10 Å². The number of aliphatic hydroxyl groups excluding tert-OH is 1. The van der Waals surface area contributed by atoms with Gasteiger partial charge in [-0.15, -0.1) is 0 Å². The van der Waals surface area contributed by atoms with E-state index in [2.05, 4.69) is 18.7 Å². The standard InChI is InChI=1S/C9H17NO/c1-3-10-5-7-8(11)4-6(2)9(7)10/h6-9,11H,3-5H2,1-2H3/t6-,7-,8+,9?/m1/s1. The Balaban J connectivity index is 2.03. The van der Waals surface area contributed by atoms with Gasteiger partial charge in [0.2, 0.25) is 0 Å². The molecule has 0 bridgehead atoms. The largest absolute Gasteiger partial charge is 0.393 e. The van der Waals surface area contributed by atoms with Crippen molar-refractivity contribution >= 4 is 0 Å². The topological polar surface area (TPSA) is 23.5 Å². The molecular formula is C9H17NO. The average molecular weight is 155 g/mol. The summed E-state index contributed by atoms with van der Waals surface area (Å²) in [6, 6.07) is 0.704. The fraction of sp³-hybridized carbons (Fsp3) is 1.00. The van der Waals surface area contributed by atoms with Gasteiger partial charge in [-0.25, -0.2) is 0 Å². The van der Waals surface area contributed by atoms with E-state index in [1.807, 2.05) is 0 Å². The molecule has 0 radical (unpaired) electrons. The molecule has 0 amide bonds. The second kappa shape index (κ2) is 2.46. The summed E-state index contributed by atoms with van der Waals surface area (Å²) in [4.78, 5) is 2.48. The average Bonchev–Trinajstić information content (AvgIpc) is 2.03. The molecular weight excluding hydrogens is 138 g/mol. The van der Waals surface area contributed by atoms with Crippen molar-refractivity contribution in [3.8, 4) is 0 Å². The van der Waals surface area contributed by atoms with Gasteiger partial charge < -0.3 is 5.11 Å².